The monoisotopic (exact) mass is 301 g/mol. The zero-order chi connectivity index (χ0) is 14.3. The summed E-state index contributed by atoms with van der Waals surface area (Å²) in [6.07, 6.45) is 0. The number of aliphatic imine (C=N–C) groups is 1. The van der Waals surface area contributed by atoms with Crippen LogP contribution in [0.2, 0.25) is 0 Å². The number of rotatable bonds is 5. The molecule has 0 aromatic carbocycles. The van der Waals surface area contributed by atoms with Gasteiger partial charge in [-0.2, -0.15) is 11.3 Å². The van der Waals surface area contributed by atoms with Gasteiger partial charge in [-0.25, -0.2) is 0 Å². The van der Waals surface area contributed by atoms with Crippen molar-refractivity contribution >= 4 is 28.1 Å². The van der Waals surface area contributed by atoms with Crippen LogP contribution in [0.4, 0.5) is 0 Å². The zero-order valence-corrected chi connectivity index (χ0v) is 13.7. The minimum absolute atomic E-state index is 0.157. The topological polar surface area (TPSA) is 53.5 Å². The van der Waals surface area contributed by atoms with Crippen LogP contribution in [0, 0.1) is 0 Å². The summed E-state index contributed by atoms with van der Waals surface area (Å²) in [5.41, 5.74) is 1.24. The lowest BCUT2D eigenvalue weighted by molar-refractivity contribution is 0.647. The molecule has 1 unspecified atom stereocenters. The Morgan fingerprint density at radius 3 is 2.68 bits per heavy atom. The van der Waals surface area contributed by atoms with Gasteiger partial charge in [-0.3, -0.25) is 9.20 Å². The highest BCUT2D eigenvalue weighted by molar-refractivity contribution is 7.86. The summed E-state index contributed by atoms with van der Waals surface area (Å²) in [6.45, 7) is 7.39. The Morgan fingerprint density at radius 2 is 2.16 bits per heavy atom. The molecule has 4 nitrogen and oxygen atoms in total. The lowest BCUT2D eigenvalue weighted by atomic mass is 10.3. The summed E-state index contributed by atoms with van der Waals surface area (Å²) in [6, 6.07) is 2.08. The van der Waals surface area contributed by atoms with Gasteiger partial charge in [0.2, 0.25) is 0 Å². The highest BCUT2D eigenvalue weighted by Crippen LogP contribution is 2.10. The lowest BCUT2D eigenvalue weighted by Crippen LogP contribution is -2.40. The van der Waals surface area contributed by atoms with Crippen molar-refractivity contribution in [3.05, 3.63) is 22.4 Å². The van der Waals surface area contributed by atoms with Crippen molar-refractivity contribution in [1.29, 1.82) is 0 Å². The molecule has 0 aliphatic rings. The molecule has 108 valence electrons. The summed E-state index contributed by atoms with van der Waals surface area (Å²) in [5, 5.41) is 10.6. The van der Waals surface area contributed by atoms with Crippen molar-refractivity contribution in [2.24, 2.45) is 4.99 Å². The van der Waals surface area contributed by atoms with Gasteiger partial charge in [-0.1, -0.05) is 0 Å². The summed E-state index contributed by atoms with van der Waals surface area (Å²) < 4.78 is 11.7. The maximum atomic E-state index is 11.9. The van der Waals surface area contributed by atoms with E-state index >= 15 is 0 Å². The van der Waals surface area contributed by atoms with E-state index in [2.05, 4.69) is 32.5 Å². The summed E-state index contributed by atoms with van der Waals surface area (Å²) in [5.74, 6) is 1.37. The molecular weight excluding hydrogens is 278 g/mol. The maximum Gasteiger partial charge on any atom is 0.191 e. The van der Waals surface area contributed by atoms with E-state index in [1.165, 1.54) is 5.56 Å². The van der Waals surface area contributed by atoms with Crippen LogP contribution in [0.5, 0.6) is 0 Å². The molecule has 2 N–H and O–H groups in total. The summed E-state index contributed by atoms with van der Waals surface area (Å²) in [4.78, 5) is 4.15. The number of thiophene rings is 1. The molecule has 1 aromatic rings. The minimum Gasteiger partial charge on any atom is -0.355 e. The Bertz CT molecular complexity index is 422. The van der Waals surface area contributed by atoms with Gasteiger partial charge in [-0.15, -0.1) is 0 Å². The van der Waals surface area contributed by atoms with E-state index in [1.54, 1.807) is 18.4 Å². The van der Waals surface area contributed by atoms with E-state index in [1.807, 2.05) is 20.8 Å². The quantitative estimate of drug-likeness (QED) is 0.646. The van der Waals surface area contributed by atoms with E-state index in [0.717, 1.165) is 12.5 Å². The Labute approximate surface area is 122 Å². The van der Waals surface area contributed by atoms with Gasteiger partial charge < -0.3 is 10.6 Å². The zero-order valence-electron chi connectivity index (χ0n) is 12.0. The third kappa shape index (κ3) is 6.20. The Balaban J connectivity index is 2.28. The second-order valence-electron chi connectivity index (χ2n) is 5.15. The maximum absolute atomic E-state index is 11.9. The first kappa shape index (κ1) is 16.2. The molecule has 0 spiro atoms. The van der Waals surface area contributed by atoms with Gasteiger partial charge in [0.1, 0.15) is 0 Å². The van der Waals surface area contributed by atoms with Crippen molar-refractivity contribution in [2.45, 2.75) is 32.1 Å². The number of guanidine groups is 1. The standard InChI is InChI=1S/C13H23N3OS2/c1-13(2,3)19(17)8-6-15-12(14-4)16-9-11-5-7-18-10-11/h5,7,10H,6,8-9H2,1-4H3,(H2,14,15,16). The van der Waals surface area contributed by atoms with Gasteiger partial charge >= 0.3 is 0 Å². The molecule has 0 saturated heterocycles. The predicted molar refractivity (Wildman–Crippen MR) is 85.3 cm³/mol. The van der Waals surface area contributed by atoms with Gasteiger partial charge in [-0.05, 0) is 43.2 Å². The third-order valence-electron chi connectivity index (χ3n) is 2.53. The number of hydrogen-bond donors (Lipinski definition) is 2. The van der Waals surface area contributed by atoms with Crippen LogP contribution in [0.3, 0.4) is 0 Å². The first-order valence-corrected chi connectivity index (χ1v) is 8.53. The highest BCUT2D eigenvalue weighted by atomic mass is 32.2. The largest absolute Gasteiger partial charge is 0.355 e. The van der Waals surface area contributed by atoms with E-state index in [9.17, 15) is 4.21 Å². The van der Waals surface area contributed by atoms with Crippen molar-refractivity contribution in [1.82, 2.24) is 10.6 Å². The predicted octanol–water partition coefficient (Wildman–Crippen LogP) is 1.96. The Hall–Kier alpha value is -0.880. The molecule has 1 rings (SSSR count). The fourth-order valence-corrected chi connectivity index (χ4v) is 2.94. The molecule has 0 fully saturated rings. The van der Waals surface area contributed by atoms with E-state index in [-0.39, 0.29) is 4.75 Å². The first-order valence-electron chi connectivity index (χ1n) is 6.27. The molecule has 0 saturated carbocycles. The third-order valence-corrected chi connectivity index (χ3v) is 5.20. The van der Waals surface area contributed by atoms with Crippen molar-refractivity contribution in [3.8, 4) is 0 Å². The van der Waals surface area contributed by atoms with Crippen LogP contribution in [0.15, 0.2) is 21.8 Å². The highest BCUT2D eigenvalue weighted by Gasteiger charge is 2.18. The average Bonchev–Trinajstić information content (AvgIpc) is 2.85. The molecule has 0 aliphatic carbocycles. The van der Waals surface area contributed by atoms with Gasteiger partial charge in [0, 0.05) is 41.4 Å². The molecular formula is C13H23N3OS2. The van der Waals surface area contributed by atoms with Crippen molar-refractivity contribution in [2.75, 3.05) is 19.3 Å². The van der Waals surface area contributed by atoms with E-state index in [0.29, 0.717) is 12.3 Å². The molecule has 1 atom stereocenters. The van der Waals surface area contributed by atoms with Crippen LogP contribution in [0.1, 0.15) is 26.3 Å². The van der Waals surface area contributed by atoms with Gasteiger partial charge in [0.05, 0.1) is 0 Å². The van der Waals surface area contributed by atoms with Gasteiger partial charge in [0.15, 0.2) is 5.96 Å². The van der Waals surface area contributed by atoms with Gasteiger partial charge in [0.25, 0.3) is 0 Å². The molecule has 6 heteroatoms. The van der Waals surface area contributed by atoms with Crippen LogP contribution < -0.4 is 10.6 Å². The number of nitrogens with one attached hydrogen (secondary N) is 2. The fraction of sp³-hybridized carbons (Fsp3) is 0.615. The number of hydrogen-bond acceptors (Lipinski definition) is 3. The molecule has 0 amide bonds. The van der Waals surface area contributed by atoms with Crippen molar-refractivity contribution < 1.29 is 4.21 Å². The van der Waals surface area contributed by atoms with Crippen LogP contribution in [-0.4, -0.2) is 34.3 Å². The first-order chi connectivity index (χ1) is 8.93. The second kappa shape index (κ2) is 7.65. The Kier molecular flexibility index (Phi) is 6.51. The average molecular weight is 301 g/mol. The summed E-state index contributed by atoms with van der Waals surface area (Å²) in [7, 11) is 0.907. The molecule has 1 aromatic heterocycles. The summed E-state index contributed by atoms with van der Waals surface area (Å²) >= 11 is 1.68. The SMILES string of the molecule is CN=C(NCCS(=O)C(C)(C)C)NCc1ccsc1. The molecule has 0 aliphatic heterocycles. The van der Waals surface area contributed by atoms with Crippen LogP contribution in [0.25, 0.3) is 0 Å². The minimum atomic E-state index is -0.833. The van der Waals surface area contributed by atoms with E-state index < -0.39 is 10.8 Å². The molecule has 19 heavy (non-hydrogen) atoms. The molecule has 1 heterocycles. The molecule has 0 bridgehead atoms. The fourth-order valence-electron chi connectivity index (χ4n) is 1.37. The smallest absolute Gasteiger partial charge is 0.191 e. The van der Waals surface area contributed by atoms with Crippen LogP contribution in [-0.2, 0) is 17.3 Å². The Morgan fingerprint density at radius 1 is 1.42 bits per heavy atom. The van der Waals surface area contributed by atoms with E-state index in [4.69, 9.17) is 0 Å². The molecule has 0 radical (unpaired) electrons. The second-order valence-corrected chi connectivity index (χ2v) is 8.25. The number of nitrogens with zero attached hydrogens (tertiary/aromatic N) is 1. The lowest BCUT2D eigenvalue weighted by Gasteiger charge is -2.18. The normalized spacial score (nSPS) is 14.2. The van der Waals surface area contributed by atoms with Crippen LogP contribution >= 0.6 is 11.3 Å². The van der Waals surface area contributed by atoms with Crippen molar-refractivity contribution in [3.63, 3.8) is 0 Å².